The van der Waals surface area contributed by atoms with E-state index >= 15 is 0 Å². The molecule has 1 saturated heterocycles. The molecule has 2 aromatic heterocycles. The van der Waals surface area contributed by atoms with Crippen molar-refractivity contribution in [2.45, 2.75) is 25.0 Å². The van der Waals surface area contributed by atoms with E-state index in [1.165, 1.54) is 4.70 Å². The van der Waals surface area contributed by atoms with Crippen LogP contribution in [0.25, 0.3) is 10.2 Å². The fourth-order valence-electron chi connectivity index (χ4n) is 2.35. The highest BCUT2D eigenvalue weighted by molar-refractivity contribution is 7.17. The average molecular weight is 278 g/mol. The molecule has 19 heavy (non-hydrogen) atoms. The van der Waals surface area contributed by atoms with Crippen LogP contribution in [0.1, 0.15) is 18.4 Å². The van der Waals surface area contributed by atoms with E-state index in [-0.39, 0.29) is 0 Å². The zero-order chi connectivity index (χ0) is 13.1. The van der Waals surface area contributed by atoms with Crippen LogP contribution in [0.4, 0.5) is 0 Å². The van der Waals surface area contributed by atoms with E-state index in [4.69, 9.17) is 4.74 Å². The van der Waals surface area contributed by atoms with Gasteiger partial charge in [-0.3, -0.25) is 4.98 Å². The number of hydrogen-bond acceptors (Lipinski definition) is 5. The van der Waals surface area contributed by atoms with Crippen molar-refractivity contribution in [1.29, 1.82) is 0 Å². The van der Waals surface area contributed by atoms with Crippen molar-refractivity contribution in [3.8, 4) is 0 Å². The SMILES string of the molecule is OC1(CNCc2cnc3ccsc3c2)CCOCC1. The number of aromatic nitrogens is 1. The van der Waals surface area contributed by atoms with Crippen LogP contribution in [0, 0.1) is 0 Å². The first-order chi connectivity index (χ1) is 9.25. The minimum atomic E-state index is -0.612. The molecule has 2 N–H and O–H groups in total. The second kappa shape index (κ2) is 5.54. The maximum atomic E-state index is 10.3. The minimum absolute atomic E-state index is 0.610. The molecule has 0 radical (unpaired) electrons. The Balaban J connectivity index is 1.56. The second-order valence-electron chi connectivity index (χ2n) is 5.09. The quantitative estimate of drug-likeness (QED) is 0.897. The highest BCUT2D eigenvalue weighted by Gasteiger charge is 2.28. The molecule has 1 aliphatic heterocycles. The molecular formula is C14H18N2O2S. The molecular weight excluding hydrogens is 260 g/mol. The number of ether oxygens (including phenoxy) is 1. The number of aliphatic hydroxyl groups is 1. The molecule has 0 atom stereocenters. The van der Waals surface area contributed by atoms with Crippen molar-refractivity contribution in [1.82, 2.24) is 10.3 Å². The summed E-state index contributed by atoms with van der Waals surface area (Å²) in [4.78, 5) is 4.41. The monoisotopic (exact) mass is 278 g/mol. The van der Waals surface area contributed by atoms with Gasteiger partial charge in [-0.2, -0.15) is 0 Å². The predicted molar refractivity (Wildman–Crippen MR) is 76.3 cm³/mol. The summed E-state index contributed by atoms with van der Waals surface area (Å²) in [5, 5.41) is 15.7. The van der Waals surface area contributed by atoms with Crippen molar-refractivity contribution < 1.29 is 9.84 Å². The highest BCUT2D eigenvalue weighted by atomic mass is 32.1. The molecule has 1 fully saturated rings. The van der Waals surface area contributed by atoms with Crippen LogP contribution in [-0.2, 0) is 11.3 Å². The number of hydrogen-bond donors (Lipinski definition) is 2. The molecule has 3 heterocycles. The van der Waals surface area contributed by atoms with Gasteiger partial charge in [-0.05, 0) is 23.1 Å². The summed E-state index contributed by atoms with van der Waals surface area (Å²) >= 11 is 1.71. The van der Waals surface area contributed by atoms with Gasteiger partial charge in [0.05, 0.1) is 15.8 Å². The third-order valence-electron chi connectivity index (χ3n) is 3.57. The van der Waals surface area contributed by atoms with Gasteiger partial charge in [-0.1, -0.05) is 0 Å². The van der Waals surface area contributed by atoms with Crippen LogP contribution in [-0.4, -0.2) is 35.5 Å². The van der Waals surface area contributed by atoms with Crippen LogP contribution in [0.2, 0.25) is 0 Å². The third-order valence-corrected chi connectivity index (χ3v) is 4.42. The Morgan fingerprint density at radius 2 is 2.26 bits per heavy atom. The molecule has 5 heteroatoms. The van der Waals surface area contributed by atoms with Crippen molar-refractivity contribution in [2.75, 3.05) is 19.8 Å². The van der Waals surface area contributed by atoms with E-state index in [2.05, 4.69) is 21.7 Å². The highest BCUT2D eigenvalue weighted by Crippen LogP contribution is 2.21. The first kappa shape index (κ1) is 13.0. The second-order valence-corrected chi connectivity index (χ2v) is 6.04. The number of nitrogens with zero attached hydrogens (tertiary/aromatic N) is 1. The Hall–Kier alpha value is -1.01. The minimum Gasteiger partial charge on any atom is -0.388 e. The summed E-state index contributed by atoms with van der Waals surface area (Å²) in [5.74, 6) is 0. The van der Waals surface area contributed by atoms with Gasteiger partial charge in [-0.25, -0.2) is 0 Å². The fourth-order valence-corrected chi connectivity index (χ4v) is 3.16. The number of fused-ring (bicyclic) bond motifs is 1. The summed E-state index contributed by atoms with van der Waals surface area (Å²) in [5.41, 5.74) is 1.60. The Bertz CT molecular complexity index is 549. The summed E-state index contributed by atoms with van der Waals surface area (Å²) in [6.07, 6.45) is 3.32. The van der Waals surface area contributed by atoms with Crippen LogP contribution in [0.3, 0.4) is 0 Å². The molecule has 0 unspecified atom stereocenters. The van der Waals surface area contributed by atoms with E-state index in [9.17, 15) is 5.11 Å². The van der Waals surface area contributed by atoms with Gasteiger partial charge in [0.15, 0.2) is 0 Å². The summed E-state index contributed by atoms with van der Waals surface area (Å²) < 4.78 is 6.48. The average Bonchev–Trinajstić information content (AvgIpc) is 2.87. The number of pyridine rings is 1. The van der Waals surface area contributed by atoms with E-state index in [1.807, 2.05) is 12.3 Å². The third kappa shape index (κ3) is 3.12. The van der Waals surface area contributed by atoms with Gasteiger partial charge in [0.2, 0.25) is 0 Å². The predicted octanol–water partition coefficient (Wildman–Crippen LogP) is 1.93. The fraction of sp³-hybridized carbons (Fsp3) is 0.500. The molecule has 0 saturated carbocycles. The Kier molecular flexibility index (Phi) is 3.79. The van der Waals surface area contributed by atoms with Gasteiger partial charge < -0.3 is 15.2 Å². The lowest BCUT2D eigenvalue weighted by molar-refractivity contribution is -0.0617. The van der Waals surface area contributed by atoms with Gasteiger partial charge >= 0.3 is 0 Å². The standard InChI is InChI=1S/C14H18N2O2S/c17-14(2-4-18-5-3-14)10-15-8-11-7-13-12(16-9-11)1-6-19-13/h1,6-7,9,15,17H,2-5,8,10H2. The van der Waals surface area contributed by atoms with Gasteiger partial charge in [0, 0.05) is 45.3 Å². The van der Waals surface area contributed by atoms with E-state index in [0.717, 1.165) is 17.6 Å². The molecule has 102 valence electrons. The summed E-state index contributed by atoms with van der Waals surface area (Å²) in [6.45, 7) is 2.66. The molecule has 1 aliphatic rings. The molecule has 0 bridgehead atoms. The van der Waals surface area contributed by atoms with Crippen LogP contribution in [0.15, 0.2) is 23.7 Å². The number of thiophene rings is 1. The number of rotatable bonds is 4. The Labute approximate surface area is 116 Å². The van der Waals surface area contributed by atoms with Gasteiger partial charge in [0.1, 0.15) is 0 Å². The van der Waals surface area contributed by atoms with Gasteiger partial charge in [0.25, 0.3) is 0 Å². The zero-order valence-corrected chi connectivity index (χ0v) is 11.6. The normalized spacial score (nSPS) is 18.8. The Morgan fingerprint density at radius 3 is 3.11 bits per heavy atom. The summed E-state index contributed by atoms with van der Waals surface area (Å²) in [6, 6.07) is 4.19. The van der Waals surface area contributed by atoms with Crippen LogP contribution >= 0.6 is 11.3 Å². The van der Waals surface area contributed by atoms with E-state index in [0.29, 0.717) is 32.6 Å². The lowest BCUT2D eigenvalue weighted by atomic mass is 9.94. The molecule has 2 aromatic rings. The molecule has 0 aromatic carbocycles. The smallest absolute Gasteiger partial charge is 0.0815 e. The van der Waals surface area contributed by atoms with Crippen molar-refractivity contribution in [3.05, 3.63) is 29.3 Å². The molecule has 0 aliphatic carbocycles. The largest absolute Gasteiger partial charge is 0.388 e. The Morgan fingerprint density at radius 1 is 1.42 bits per heavy atom. The topological polar surface area (TPSA) is 54.4 Å². The molecule has 0 spiro atoms. The van der Waals surface area contributed by atoms with Crippen LogP contribution < -0.4 is 5.32 Å². The van der Waals surface area contributed by atoms with Gasteiger partial charge in [-0.15, -0.1) is 11.3 Å². The van der Waals surface area contributed by atoms with Crippen molar-refractivity contribution in [3.63, 3.8) is 0 Å². The lowest BCUT2D eigenvalue weighted by Gasteiger charge is -2.32. The molecule has 3 rings (SSSR count). The van der Waals surface area contributed by atoms with Crippen molar-refractivity contribution >= 4 is 21.6 Å². The molecule has 4 nitrogen and oxygen atoms in total. The lowest BCUT2D eigenvalue weighted by Crippen LogP contribution is -2.44. The maximum Gasteiger partial charge on any atom is 0.0815 e. The zero-order valence-electron chi connectivity index (χ0n) is 10.8. The summed E-state index contributed by atoms with van der Waals surface area (Å²) in [7, 11) is 0. The maximum absolute atomic E-state index is 10.3. The first-order valence-corrected chi connectivity index (χ1v) is 7.46. The van der Waals surface area contributed by atoms with Crippen LogP contribution in [0.5, 0.6) is 0 Å². The van der Waals surface area contributed by atoms with E-state index in [1.54, 1.807) is 11.3 Å². The molecule has 0 amide bonds. The van der Waals surface area contributed by atoms with Crippen molar-refractivity contribution in [2.24, 2.45) is 0 Å². The first-order valence-electron chi connectivity index (χ1n) is 6.58. The van der Waals surface area contributed by atoms with E-state index < -0.39 is 5.60 Å². The number of nitrogens with one attached hydrogen (secondary N) is 1.